The van der Waals surface area contributed by atoms with Crippen LogP contribution in [0.4, 0.5) is 0 Å². The van der Waals surface area contributed by atoms with E-state index in [0.29, 0.717) is 24.1 Å². The lowest BCUT2D eigenvalue weighted by Gasteiger charge is -2.34. The van der Waals surface area contributed by atoms with E-state index in [2.05, 4.69) is 18.9 Å². The van der Waals surface area contributed by atoms with Gasteiger partial charge in [-0.25, -0.2) is 4.68 Å². The number of likely N-dealkylation sites (tertiary alicyclic amines) is 1. The van der Waals surface area contributed by atoms with Crippen LogP contribution >= 0.6 is 0 Å². The van der Waals surface area contributed by atoms with Gasteiger partial charge in [0.1, 0.15) is 5.69 Å². The van der Waals surface area contributed by atoms with Gasteiger partial charge in [-0.15, -0.1) is 0 Å². The van der Waals surface area contributed by atoms with Crippen LogP contribution in [-0.4, -0.2) is 33.7 Å². The minimum atomic E-state index is -0.167. The van der Waals surface area contributed by atoms with Gasteiger partial charge in [0.2, 0.25) is 0 Å². The number of hydrogen-bond acceptors (Lipinski definition) is 3. The maximum atomic E-state index is 12.4. The van der Waals surface area contributed by atoms with E-state index in [0.717, 1.165) is 19.5 Å². The number of nitrogens with zero attached hydrogens (tertiary/aromatic N) is 3. The van der Waals surface area contributed by atoms with Gasteiger partial charge >= 0.3 is 0 Å². The summed E-state index contributed by atoms with van der Waals surface area (Å²) in [6.07, 6.45) is 1.16. The molecule has 0 radical (unpaired) electrons. The fourth-order valence-electron chi connectivity index (χ4n) is 2.78. The van der Waals surface area contributed by atoms with E-state index >= 15 is 0 Å². The van der Waals surface area contributed by atoms with Crippen LogP contribution in [0.25, 0.3) is 0 Å². The Morgan fingerprint density at radius 1 is 1.32 bits per heavy atom. The molecule has 1 aliphatic rings. The molecule has 2 atom stereocenters. The molecule has 5 nitrogen and oxygen atoms in total. The van der Waals surface area contributed by atoms with Gasteiger partial charge in [-0.3, -0.25) is 9.59 Å². The number of aromatic nitrogens is 2. The first-order valence-electron chi connectivity index (χ1n) is 6.88. The number of aryl methyl sites for hydroxylation is 1. The molecule has 1 aromatic rings. The number of piperidine rings is 1. The first kappa shape index (κ1) is 13.8. The predicted molar refractivity (Wildman–Crippen MR) is 73.0 cm³/mol. The summed E-state index contributed by atoms with van der Waals surface area (Å²) in [6.45, 7) is 8.19. The second-order valence-electron chi connectivity index (χ2n) is 5.53. The average molecular weight is 263 g/mol. The predicted octanol–water partition coefficient (Wildman–Crippen LogP) is 1.38. The van der Waals surface area contributed by atoms with E-state index in [4.69, 9.17) is 0 Å². The van der Waals surface area contributed by atoms with Crippen LogP contribution in [-0.2, 0) is 6.54 Å². The lowest BCUT2D eigenvalue weighted by molar-refractivity contribution is 0.0614. The molecule has 0 spiro atoms. The molecule has 1 fully saturated rings. The standard InChI is InChI=1S/C14H21N3O2/c1-4-17-13(18)6-5-12(15-17)14(19)16-8-10(2)7-11(3)9-16/h5-6,10-11H,4,7-9H2,1-3H3. The largest absolute Gasteiger partial charge is 0.337 e. The zero-order valence-corrected chi connectivity index (χ0v) is 11.8. The number of amides is 1. The summed E-state index contributed by atoms with van der Waals surface area (Å²) >= 11 is 0. The van der Waals surface area contributed by atoms with Crippen molar-refractivity contribution < 1.29 is 4.79 Å². The van der Waals surface area contributed by atoms with Gasteiger partial charge in [-0.2, -0.15) is 5.10 Å². The molecule has 19 heavy (non-hydrogen) atoms. The van der Waals surface area contributed by atoms with Gasteiger partial charge in [0.05, 0.1) is 0 Å². The highest BCUT2D eigenvalue weighted by atomic mass is 16.2. The van der Waals surface area contributed by atoms with Gasteiger partial charge in [0.15, 0.2) is 0 Å². The monoisotopic (exact) mass is 263 g/mol. The zero-order valence-electron chi connectivity index (χ0n) is 11.8. The maximum Gasteiger partial charge on any atom is 0.274 e. The second kappa shape index (κ2) is 5.55. The molecule has 0 saturated carbocycles. The van der Waals surface area contributed by atoms with Crippen molar-refractivity contribution in [1.82, 2.24) is 14.7 Å². The van der Waals surface area contributed by atoms with Crippen LogP contribution in [0, 0.1) is 11.8 Å². The molecule has 1 aliphatic heterocycles. The zero-order chi connectivity index (χ0) is 14.0. The Balaban J connectivity index is 2.21. The molecule has 0 N–H and O–H groups in total. The van der Waals surface area contributed by atoms with Crippen LogP contribution in [0.1, 0.15) is 37.7 Å². The fraction of sp³-hybridized carbons (Fsp3) is 0.643. The van der Waals surface area contributed by atoms with Crippen molar-refractivity contribution in [2.24, 2.45) is 11.8 Å². The summed E-state index contributed by atoms with van der Waals surface area (Å²) in [5, 5.41) is 4.13. The van der Waals surface area contributed by atoms with Gasteiger partial charge in [-0.05, 0) is 31.2 Å². The van der Waals surface area contributed by atoms with Crippen LogP contribution in [0.5, 0.6) is 0 Å². The van der Waals surface area contributed by atoms with Crippen molar-refractivity contribution in [3.8, 4) is 0 Å². The van der Waals surface area contributed by atoms with Crippen LogP contribution in [0.3, 0.4) is 0 Å². The Labute approximate surface area is 113 Å². The smallest absolute Gasteiger partial charge is 0.274 e. The molecule has 1 amide bonds. The molecular weight excluding hydrogens is 242 g/mol. The van der Waals surface area contributed by atoms with E-state index < -0.39 is 0 Å². The summed E-state index contributed by atoms with van der Waals surface area (Å²) in [5.74, 6) is 0.968. The highest BCUT2D eigenvalue weighted by Gasteiger charge is 2.27. The molecule has 2 heterocycles. The van der Waals surface area contributed by atoms with Crippen molar-refractivity contribution in [2.75, 3.05) is 13.1 Å². The molecule has 5 heteroatoms. The summed E-state index contributed by atoms with van der Waals surface area (Å²) in [7, 11) is 0. The lowest BCUT2D eigenvalue weighted by Crippen LogP contribution is -2.43. The van der Waals surface area contributed by atoms with Crippen LogP contribution < -0.4 is 5.56 Å². The van der Waals surface area contributed by atoms with Gasteiger partial charge in [-0.1, -0.05) is 13.8 Å². The summed E-state index contributed by atoms with van der Waals surface area (Å²) in [4.78, 5) is 25.8. The molecular formula is C14H21N3O2. The number of rotatable bonds is 2. The van der Waals surface area contributed by atoms with Gasteiger partial charge < -0.3 is 4.90 Å². The van der Waals surface area contributed by atoms with E-state index in [9.17, 15) is 9.59 Å². The molecule has 2 unspecified atom stereocenters. The number of hydrogen-bond donors (Lipinski definition) is 0. The second-order valence-corrected chi connectivity index (χ2v) is 5.53. The average Bonchev–Trinajstić information content (AvgIpc) is 2.37. The third-order valence-corrected chi connectivity index (χ3v) is 3.54. The van der Waals surface area contributed by atoms with Crippen LogP contribution in [0.2, 0.25) is 0 Å². The molecule has 104 valence electrons. The van der Waals surface area contributed by atoms with E-state index in [-0.39, 0.29) is 11.5 Å². The summed E-state index contributed by atoms with van der Waals surface area (Å²) < 4.78 is 1.32. The Morgan fingerprint density at radius 2 is 1.95 bits per heavy atom. The minimum Gasteiger partial charge on any atom is -0.337 e. The fourth-order valence-corrected chi connectivity index (χ4v) is 2.78. The summed E-state index contributed by atoms with van der Waals surface area (Å²) in [5.41, 5.74) is 0.196. The first-order valence-corrected chi connectivity index (χ1v) is 6.88. The third kappa shape index (κ3) is 3.03. The first-order chi connectivity index (χ1) is 9.01. The molecule has 0 aliphatic carbocycles. The van der Waals surface area contributed by atoms with Crippen molar-refractivity contribution in [3.63, 3.8) is 0 Å². The van der Waals surface area contributed by atoms with E-state index in [1.54, 1.807) is 0 Å². The number of carbonyl (C=O) groups is 1. The SMILES string of the molecule is CCn1nc(C(=O)N2CC(C)CC(C)C2)ccc1=O. The molecule has 1 aromatic heterocycles. The van der Waals surface area contributed by atoms with Crippen molar-refractivity contribution >= 4 is 5.91 Å². The topological polar surface area (TPSA) is 55.2 Å². The van der Waals surface area contributed by atoms with Gasteiger partial charge in [0.25, 0.3) is 11.5 Å². The Hall–Kier alpha value is -1.65. The molecule has 1 saturated heterocycles. The normalized spacial score (nSPS) is 23.4. The highest BCUT2D eigenvalue weighted by Crippen LogP contribution is 2.21. The van der Waals surface area contributed by atoms with Gasteiger partial charge in [0, 0.05) is 25.7 Å². The van der Waals surface area contributed by atoms with Crippen molar-refractivity contribution in [3.05, 3.63) is 28.2 Å². The number of carbonyl (C=O) groups excluding carboxylic acids is 1. The molecule has 2 rings (SSSR count). The Bertz CT molecular complexity index is 514. The quantitative estimate of drug-likeness (QED) is 0.810. The lowest BCUT2D eigenvalue weighted by atomic mass is 9.92. The third-order valence-electron chi connectivity index (χ3n) is 3.54. The maximum absolute atomic E-state index is 12.4. The van der Waals surface area contributed by atoms with Crippen molar-refractivity contribution in [2.45, 2.75) is 33.7 Å². The van der Waals surface area contributed by atoms with Crippen molar-refractivity contribution in [1.29, 1.82) is 0 Å². The van der Waals surface area contributed by atoms with E-state index in [1.807, 2.05) is 11.8 Å². The highest BCUT2D eigenvalue weighted by molar-refractivity contribution is 5.92. The van der Waals surface area contributed by atoms with E-state index in [1.165, 1.54) is 16.8 Å². The molecule has 0 bridgehead atoms. The minimum absolute atomic E-state index is 0.0689. The summed E-state index contributed by atoms with van der Waals surface area (Å²) in [6, 6.07) is 2.95. The van der Waals surface area contributed by atoms with Crippen LogP contribution in [0.15, 0.2) is 16.9 Å². The molecule has 0 aromatic carbocycles. The Morgan fingerprint density at radius 3 is 2.53 bits per heavy atom. The Kier molecular flexibility index (Phi) is 4.02.